The van der Waals surface area contributed by atoms with Crippen LogP contribution in [0.2, 0.25) is 5.02 Å². The van der Waals surface area contributed by atoms with E-state index in [0.717, 1.165) is 30.8 Å². The molecule has 3 rings (SSSR count). The molecule has 0 aromatic heterocycles. The molecule has 0 amide bonds. The van der Waals surface area contributed by atoms with E-state index in [2.05, 4.69) is 17.4 Å². The second-order valence-electron chi connectivity index (χ2n) is 6.04. The molecular formula is C16H22ClNO. The Kier molecular flexibility index (Phi) is 4.11. The van der Waals surface area contributed by atoms with Crippen molar-refractivity contribution >= 4 is 11.6 Å². The van der Waals surface area contributed by atoms with Crippen LogP contribution < -0.4 is 5.32 Å². The van der Waals surface area contributed by atoms with Gasteiger partial charge in [-0.05, 0) is 54.9 Å². The molecule has 3 atom stereocenters. The van der Waals surface area contributed by atoms with Gasteiger partial charge in [0, 0.05) is 17.6 Å². The van der Waals surface area contributed by atoms with Crippen molar-refractivity contribution in [2.24, 2.45) is 5.92 Å². The fourth-order valence-electron chi connectivity index (χ4n) is 3.48. The summed E-state index contributed by atoms with van der Waals surface area (Å²) < 4.78 is 0. The van der Waals surface area contributed by atoms with Crippen molar-refractivity contribution in [1.82, 2.24) is 5.32 Å². The Bertz CT molecular complexity index is 448. The predicted octanol–water partition coefficient (Wildman–Crippen LogP) is 2.95. The van der Waals surface area contributed by atoms with Crippen molar-refractivity contribution in [2.45, 2.75) is 50.7 Å². The number of aliphatic hydroxyl groups is 1. The summed E-state index contributed by atoms with van der Waals surface area (Å²) in [6, 6.07) is 6.74. The van der Waals surface area contributed by atoms with Crippen LogP contribution in [0.15, 0.2) is 18.2 Å². The Hall–Kier alpha value is -0.570. The number of rotatable bonds is 3. The van der Waals surface area contributed by atoms with Gasteiger partial charge in [-0.15, -0.1) is 0 Å². The molecule has 2 aliphatic carbocycles. The number of nitrogens with one attached hydrogen (secondary N) is 1. The number of fused-ring (bicyclic) bond motifs is 1. The average molecular weight is 280 g/mol. The third-order valence-corrected chi connectivity index (χ3v) is 4.87. The quantitative estimate of drug-likeness (QED) is 0.892. The summed E-state index contributed by atoms with van der Waals surface area (Å²) in [5.74, 6) is 0.445. The number of hydrogen-bond acceptors (Lipinski definition) is 2. The molecule has 1 aromatic carbocycles. The van der Waals surface area contributed by atoms with E-state index < -0.39 is 0 Å². The van der Waals surface area contributed by atoms with E-state index in [4.69, 9.17) is 11.6 Å². The summed E-state index contributed by atoms with van der Waals surface area (Å²) >= 11 is 6.04. The molecule has 3 unspecified atom stereocenters. The van der Waals surface area contributed by atoms with Gasteiger partial charge in [0.15, 0.2) is 0 Å². The van der Waals surface area contributed by atoms with Gasteiger partial charge in [0.2, 0.25) is 0 Å². The van der Waals surface area contributed by atoms with Crippen molar-refractivity contribution in [1.29, 1.82) is 0 Å². The van der Waals surface area contributed by atoms with Crippen molar-refractivity contribution in [3.8, 4) is 0 Å². The molecule has 0 radical (unpaired) electrons. The molecule has 19 heavy (non-hydrogen) atoms. The highest BCUT2D eigenvalue weighted by Gasteiger charge is 2.26. The summed E-state index contributed by atoms with van der Waals surface area (Å²) in [4.78, 5) is 0. The standard InChI is InChI=1S/C16H22ClNO/c17-14-6-5-11-8-15(9-13(11)7-14)18-10-12-3-1-2-4-16(12)19/h5-7,12,15-16,18-19H,1-4,8-10H2. The number of halogens is 1. The van der Waals surface area contributed by atoms with Gasteiger partial charge < -0.3 is 10.4 Å². The van der Waals surface area contributed by atoms with Gasteiger partial charge in [0.1, 0.15) is 0 Å². The predicted molar refractivity (Wildman–Crippen MR) is 78.6 cm³/mol. The van der Waals surface area contributed by atoms with Crippen molar-refractivity contribution in [2.75, 3.05) is 6.54 Å². The molecular weight excluding hydrogens is 258 g/mol. The highest BCUT2D eigenvalue weighted by Crippen LogP contribution is 2.27. The van der Waals surface area contributed by atoms with Crippen LogP contribution in [-0.2, 0) is 12.8 Å². The van der Waals surface area contributed by atoms with E-state index in [1.807, 2.05) is 6.07 Å². The maximum atomic E-state index is 10.00. The summed E-state index contributed by atoms with van der Waals surface area (Å²) in [6.45, 7) is 0.952. The molecule has 1 fully saturated rings. The van der Waals surface area contributed by atoms with Crippen LogP contribution in [0.3, 0.4) is 0 Å². The first-order chi connectivity index (χ1) is 9.22. The van der Waals surface area contributed by atoms with Crippen LogP contribution in [0.4, 0.5) is 0 Å². The molecule has 0 aliphatic heterocycles. The lowest BCUT2D eigenvalue weighted by atomic mass is 9.86. The minimum absolute atomic E-state index is 0.0977. The number of benzene rings is 1. The Balaban J connectivity index is 1.53. The molecule has 3 heteroatoms. The Morgan fingerprint density at radius 3 is 2.79 bits per heavy atom. The molecule has 1 aromatic rings. The molecule has 0 heterocycles. The van der Waals surface area contributed by atoms with Crippen LogP contribution in [0, 0.1) is 5.92 Å². The van der Waals surface area contributed by atoms with E-state index in [1.165, 1.54) is 30.4 Å². The molecule has 2 aliphatic rings. The SMILES string of the molecule is OC1CCCCC1CNC1Cc2ccc(Cl)cc2C1. The molecule has 2 nitrogen and oxygen atoms in total. The average Bonchev–Trinajstić information content (AvgIpc) is 2.79. The Morgan fingerprint density at radius 2 is 1.95 bits per heavy atom. The molecule has 0 bridgehead atoms. The fourth-order valence-corrected chi connectivity index (χ4v) is 3.67. The highest BCUT2D eigenvalue weighted by atomic mass is 35.5. The summed E-state index contributed by atoms with van der Waals surface area (Å²) in [5.41, 5.74) is 2.81. The first kappa shape index (κ1) is 13.4. The lowest BCUT2D eigenvalue weighted by Gasteiger charge is -2.28. The molecule has 0 saturated heterocycles. The minimum atomic E-state index is -0.0977. The van der Waals surface area contributed by atoms with Crippen LogP contribution >= 0.6 is 11.6 Å². The third kappa shape index (κ3) is 3.13. The van der Waals surface area contributed by atoms with Gasteiger partial charge >= 0.3 is 0 Å². The van der Waals surface area contributed by atoms with Gasteiger partial charge in [-0.25, -0.2) is 0 Å². The zero-order valence-corrected chi connectivity index (χ0v) is 12.0. The second-order valence-corrected chi connectivity index (χ2v) is 6.47. The monoisotopic (exact) mass is 279 g/mol. The van der Waals surface area contributed by atoms with E-state index in [1.54, 1.807) is 0 Å². The zero-order valence-electron chi connectivity index (χ0n) is 11.2. The summed E-state index contributed by atoms with van der Waals surface area (Å²) in [7, 11) is 0. The van der Waals surface area contributed by atoms with E-state index in [-0.39, 0.29) is 6.10 Å². The summed E-state index contributed by atoms with van der Waals surface area (Å²) in [6.07, 6.45) is 6.66. The Morgan fingerprint density at radius 1 is 1.16 bits per heavy atom. The normalized spacial score (nSPS) is 30.3. The maximum absolute atomic E-state index is 10.00. The Labute approximate surface area is 120 Å². The fraction of sp³-hybridized carbons (Fsp3) is 0.625. The van der Waals surface area contributed by atoms with Crippen LogP contribution in [-0.4, -0.2) is 23.8 Å². The molecule has 0 spiro atoms. The minimum Gasteiger partial charge on any atom is -0.393 e. The van der Waals surface area contributed by atoms with Gasteiger partial charge in [0.25, 0.3) is 0 Å². The second kappa shape index (κ2) is 5.82. The molecule has 104 valence electrons. The van der Waals surface area contributed by atoms with E-state index in [9.17, 15) is 5.11 Å². The van der Waals surface area contributed by atoms with Gasteiger partial charge in [0.05, 0.1) is 6.10 Å². The van der Waals surface area contributed by atoms with Crippen LogP contribution in [0.25, 0.3) is 0 Å². The van der Waals surface area contributed by atoms with Gasteiger partial charge in [-0.3, -0.25) is 0 Å². The first-order valence-electron chi connectivity index (χ1n) is 7.41. The van der Waals surface area contributed by atoms with E-state index >= 15 is 0 Å². The molecule has 2 N–H and O–H groups in total. The van der Waals surface area contributed by atoms with Crippen LogP contribution in [0.5, 0.6) is 0 Å². The van der Waals surface area contributed by atoms with E-state index in [0.29, 0.717) is 12.0 Å². The van der Waals surface area contributed by atoms with Crippen molar-refractivity contribution < 1.29 is 5.11 Å². The maximum Gasteiger partial charge on any atom is 0.0580 e. The zero-order chi connectivity index (χ0) is 13.2. The third-order valence-electron chi connectivity index (χ3n) is 4.64. The van der Waals surface area contributed by atoms with Gasteiger partial charge in [-0.1, -0.05) is 30.5 Å². The molecule has 1 saturated carbocycles. The lowest BCUT2D eigenvalue weighted by molar-refractivity contribution is 0.0683. The van der Waals surface area contributed by atoms with Crippen molar-refractivity contribution in [3.63, 3.8) is 0 Å². The first-order valence-corrected chi connectivity index (χ1v) is 7.79. The lowest BCUT2D eigenvalue weighted by Crippen LogP contribution is -2.39. The number of aliphatic hydroxyl groups excluding tert-OH is 1. The number of hydrogen-bond donors (Lipinski definition) is 2. The van der Waals surface area contributed by atoms with Crippen molar-refractivity contribution in [3.05, 3.63) is 34.3 Å². The highest BCUT2D eigenvalue weighted by molar-refractivity contribution is 6.30. The smallest absolute Gasteiger partial charge is 0.0580 e. The van der Waals surface area contributed by atoms with Gasteiger partial charge in [-0.2, -0.15) is 0 Å². The summed E-state index contributed by atoms with van der Waals surface area (Å²) in [5, 5.41) is 14.5. The van der Waals surface area contributed by atoms with Crippen LogP contribution in [0.1, 0.15) is 36.8 Å². The topological polar surface area (TPSA) is 32.3 Å². The largest absolute Gasteiger partial charge is 0.393 e.